The molecule has 96 valence electrons. The second-order valence-electron chi connectivity index (χ2n) is 4.56. The lowest BCUT2D eigenvalue weighted by Gasteiger charge is -2.20. The molecule has 1 aromatic rings. The van der Waals surface area contributed by atoms with Gasteiger partial charge in [-0.15, -0.1) is 0 Å². The van der Waals surface area contributed by atoms with Crippen LogP contribution in [0.1, 0.15) is 31.7 Å². The molecule has 0 radical (unpaired) electrons. The summed E-state index contributed by atoms with van der Waals surface area (Å²) in [6.07, 6.45) is 0.986. The summed E-state index contributed by atoms with van der Waals surface area (Å²) in [6, 6.07) is 8.55. The third kappa shape index (κ3) is 5.07. The van der Waals surface area contributed by atoms with Gasteiger partial charge >= 0.3 is 0 Å². The zero-order valence-corrected chi connectivity index (χ0v) is 11.6. The monoisotopic (exact) mass is 255 g/mol. The van der Waals surface area contributed by atoms with E-state index < -0.39 is 0 Å². The second-order valence-corrected chi connectivity index (χ2v) is 4.97. The third-order valence-electron chi connectivity index (χ3n) is 2.79. The summed E-state index contributed by atoms with van der Waals surface area (Å²) >= 11 is 6.24. The highest BCUT2D eigenvalue weighted by Crippen LogP contribution is 2.26. The average Bonchev–Trinajstić information content (AvgIpc) is 2.30. The largest absolute Gasteiger partial charge is 0.385 e. The molecule has 1 N–H and O–H groups in total. The molecular weight excluding hydrogens is 234 g/mol. The molecule has 1 unspecified atom stereocenters. The van der Waals surface area contributed by atoms with Crippen LogP contribution in [0.3, 0.4) is 0 Å². The number of hydrogen-bond acceptors (Lipinski definition) is 2. The van der Waals surface area contributed by atoms with Crippen molar-refractivity contribution in [1.29, 1.82) is 0 Å². The first kappa shape index (κ1) is 14.5. The van der Waals surface area contributed by atoms with Crippen LogP contribution in [0.25, 0.3) is 0 Å². The highest BCUT2D eigenvalue weighted by Gasteiger charge is 2.14. The quantitative estimate of drug-likeness (QED) is 0.806. The minimum absolute atomic E-state index is 0.408. The number of benzene rings is 1. The van der Waals surface area contributed by atoms with Crippen molar-refractivity contribution in [3.05, 3.63) is 34.9 Å². The van der Waals surface area contributed by atoms with Crippen LogP contribution < -0.4 is 5.32 Å². The molecule has 0 aliphatic rings. The van der Waals surface area contributed by atoms with Gasteiger partial charge in [-0.1, -0.05) is 43.6 Å². The molecule has 0 fully saturated rings. The fourth-order valence-corrected chi connectivity index (χ4v) is 2.10. The minimum Gasteiger partial charge on any atom is -0.385 e. The van der Waals surface area contributed by atoms with Gasteiger partial charge in [0.05, 0.1) is 0 Å². The Kier molecular flexibility index (Phi) is 6.56. The van der Waals surface area contributed by atoms with E-state index in [9.17, 15) is 0 Å². The minimum atomic E-state index is 0.408. The standard InChI is InChI=1S/C14H22ClNO/c1-11(2)16-10-12(8-9-17-3)13-6-4-5-7-14(13)15/h4-7,11-12,16H,8-10H2,1-3H3. The van der Waals surface area contributed by atoms with E-state index in [1.54, 1.807) is 7.11 Å². The van der Waals surface area contributed by atoms with Crippen LogP contribution in [0.15, 0.2) is 24.3 Å². The van der Waals surface area contributed by atoms with Crippen molar-refractivity contribution in [2.45, 2.75) is 32.2 Å². The summed E-state index contributed by atoms with van der Waals surface area (Å²) < 4.78 is 5.17. The summed E-state index contributed by atoms with van der Waals surface area (Å²) in [4.78, 5) is 0. The zero-order chi connectivity index (χ0) is 12.7. The Morgan fingerprint density at radius 3 is 2.59 bits per heavy atom. The van der Waals surface area contributed by atoms with Gasteiger partial charge in [0.25, 0.3) is 0 Å². The van der Waals surface area contributed by atoms with E-state index in [0.717, 1.165) is 24.6 Å². The van der Waals surface area contributed by atoms with Crippen LogP contribution in [0.5, 0.6) is 0 Å². The predicted molar refractivity (Wildman–Crippen MR) is 73.8 cm³/mol. The van der Waals surface area contributed by atoms with Gasteiger partial charge in [0.15, 0.2) is 0 Å². The van der Waals surface area contributed by atoms with E-state index in [1.165, 1.54) is 5.56 Å². The molecule has 1 atom stereocenters. The lowest BCUT2D eigenvalue weighted by molar-refractivity contribution is 0.186. The lowest BCUT2D eigenvalue weighted by atomic mass is 9.95. The summed E-state index contributed by atoms with van der Waals surface area (Å²) in [6.45, 7) is 6.00. The molecule has 0 amide bonds. The molecule has 1 rings (SSSR count). The lowest BCUT2D eigenvalue weighted by Crippen LogP contribution is -2.28. The Morgan fingerprint density at radius 1 is 1.29 bits per heavy atom. The van der Waals surface area contributed by atoms with Crippen molar-refractivity contribution in [1.82, 2.24) is 5.32 Å². The van der Waals surface area contributed by atoms with Gasteiger partial charge < -0.3 is 10.1 Å². The van der Waals surface area contributed by atoms with E-state index in [0.29, 0.717) is 12.0 Å². The van der Waals surface area contributed by atoms with Crippen LogP contribution in [0, 0.1) is 0 Å². The van der Waals surface area contributed by atoms with Crippen molar-refractivity contribution in [3.63, 3.8) is 0 Å². The molecule has 0 saturated carbocycles. The van der Waals surface area contributed by atoms with Gasteiger partial charge in [0.1, 0.15) is 0 Å². The maximum atomic E-state index is 6.24. The van der Waals surface area contributed by atoms with Crippen LogP contribution in [0.4, 0.5) is 0 Å². The zero-order valence-electron chi connectivity index (χ0n) is 10.9. The molecule has 0 spiro atoms. The fraction of sp³-hybridized carbons (Fsp3) is 0.571. The topological polar surface area (TPSA) is 21.3 Å². The summed E-state index contributed by atoms with van der Waals surface area (Å²) in [5.41, 5.74) is 1.21. The molecule has 0 heterocycles. The van der Waals surface area contributed by atoms with Crippen molar-refractivity contribution >= 4 is 11.6 Å². The Balaban J connectivity index is 2.71. The molecule has 17 heavy (non-hydrogen) atoms. The van der Waals surface area contributed by atoms with E-state index in [4.69, 9.17) is 16.3 Å². The number of rotatable bonds is 7. The number of ether oxygens (including phenoxy) is 1. The van der Waals surface area contributed by atoms with Crippen LogP contribution in [-0.2, 0) is 4.74 Å². The number of nitrogens with one attached hydrogen (secondary N) is 1. The highest BCUT2D eigenvalue weighted by molar-refractivity contribution is 6.31. The number of halogens is 1. The third-order valence-corrected chi connectivity index (χ3v) is 3.13. The Hall–Kier alpha value is -0.570. The van der Waals surface area contributed by atoms with Crippen LogP contribution >= 0.6 is 11.6 Å². The van der Waals surface area contributed by atoms with Gasteiger partial charge in [0.2, 0.25) is 0 Å². The van der Waals surface area contributed by atoms with Gasteiger partial charge in [-0.2, -0.15) is 0 Å². The van der Waals surface area contributed by atoms with E-state index in [1.807, 2.05) is 18.2 Å². The van der Waals surface area contributed by atoms with Crippen LogP contribution in [-0.4, -0.2) is 26.3 Å². The molecule has 2 nitrogen and oxygen atoms in total. The fourth-order valence-electron chi connectivity index (χ4n) is 1.81. The molecule has 1 aromatic carbocycles. The van der Waals surface area contributed by atoms with E-state index in [-0.39, 0.29) is 0 Å². The molecular formula is C14H22ClNO. The van der Waals surface area contributed by atoms with Crippen LogP contribution in [0.2, 0.25) is 5.02 Å². The van der Waals surface area contributed by atoms with Gasteiger partial charge in [-0.25, -0.2) is 0 Å². The summed E-state index contributed by atoms with van der Waals surface area (Å²) in [7, 11) is 1.74. The molecule has 0 aliphatic carbocycles. The molecule has 0 bridgehead atoms. The first-order valence-corrected chi connectivity index (χ1v) is 6.49. The second kappa shape index (κ2) is 7.70. The summed E-state index contributed by atoms with van der Waals surface area (Å²) in [5, 5.41) is 4.31. The number of methoxy groups -OCH3 is 1. The van der Waals surface area contributed by atoms with Crippen molar-refractivity contribution < 1.29 is 4.74 Å². The highest BCUT2D eigenvalue weighted by atomic mass is 35.5. The Labute approximate surface area is 109 Å². The average molecular weight is 256 g/mol. The normalized spacial score (nSPS) is 13.0. The molecule has 0 aromatic heterocycles. The first-order valence-electron chi connectivity index (χ1n) is 6.12. The molecule has 0 aliphatic heterocycles. The predicted octanol–water partition coefficient (Wildman–Crippen LogP) is 3.46. The van der Waals surface area contributed by atoms with Gasteiger partial charge in [0, 0.05) is 37.2 Å². The van der Waals surface area contributed by atoms with Gasteiger partial charge in [-0.05, 0) is 18.1 Å². The maximum Gasteiger partial charge on any atom is 0.0468 e. The molecule has 0 saturated heterocycles. The van der Waals surface area contributed by atoms with E-state index >= 15 is 0 Å². The number of hydrogen-bond donors (Lipinski definition) is 1. The first-order chi connectivity index (χ1) is 8.15. The van der Waals surface area contributed by atoms with Crippen molar-refractivity contribution in [2.75, 3.05) is 20.3 Å². The van der Waals surface area contributed by atoms with Crippen molar-refractivity contribution in [3.8, 4) is 0 Å². The smallest absolute Gasteiger partial charge is 0.0468 e. The van der Waals surface area contributed by atoms with E-state index in [2.05, 4.69) is 25.2 Å². The Bertz CT molecular complexity index is 328. The maximum absolute atomic E-state index is 6.24. The van der Waals surface area contributed by atoms with Crippen molar-refractivity contribution in [2.24, 2.45) is 0 Å². The SMILES string of the molecule is COCCC(CNC(C)C)c1ccccc1Cl. The summed E-state index contributed by atoms with van der Waals surface area (Å²) in [5.74, 6) is 0.408. The molecule has 3 heteroatoms. The van der Waals surface area contributed by atoms with Gasteiger partial charge in [-0.3, -0.25) is 0 Å². The Morgan fingerprint density at radius 2 is 2.00 bits per heavy atom.